The van der Waals surface area contributed by atoms with Crippen LogP contribution in [0, 0.1) is 10.8 Å². The van der Waals surface area contributed by atoms with Crippen LogP contribution in [0.1, 0.15) is 38.5 Å². The van der Waals surface area contributed by atoms with Gasteiger partial charge in [0.1, 0.15) is 0 Å². The third-order valence-corrected chi connectivity index (χ3v) is 4.33. The molecule has 0 amide bonds. The largest absolute Gasteiger partial charge is 0.396 e. The van der Waals surface area contributed by atoms with Crippen LogP contribution in [0.5, 0.6) is 0 Å². The molecule has 1 saturated carbocycles. The molecule has 0 aromatic carbocycles. The maximum Gasteiger partial charge on any atom is 0.0520 e. The molecule has 0 saturated heterocycles. The highest BCUT2D eigenvalue weighted by Crippen LogP contribution is 2.52. The van der Waals surface area contributed by atoms with E-state index in [1.165, 1.54) is 6.42 Å². The summed E-state index contributed by atoms with van der Waals surface area (Å²) in [5.74, 6) is 0. The molecule has 0 atom stereocenters. The van der Waals surface area contributed by atoms with Gasteiger partial charge in [0.2, 0.25) is 0 Å². The zero-order valence-corrected chi connectivity index (χ0v) is 10.1. The van der Waals surface area contributed by atoms with Crippen LogP contribution in [0.25, 0.3) is 0 Å². The smallest absolute Gasteiger partial charge is 0.0520 e. The van der Waals surface area contributed by atoms with Crippen molar-refractivity contribution in [1.82, 2.24) is 0 Å². The van der Waals surface area contributed by atoms with E-state index in [4.69, 9.17) is 0 Å². The van der Waals surface area contributed by atoms with Gasteiger partial charge in [-0.25, -0.2) is 0 Å². The fourth-order valence-electron chi connectivity index (χ4n) is 3.11. The first-order valence-corrected chi connectivity index (χ1v) is 6.16. The average molecular weight is 224 g/mol. The highest BCUT2D eigenvalue weighted by atomic mass is 16.3. The first kappa shape index (κ1) is 13.5. The molecule has 16 heavy (non-hydrogen) atoms. The van der Waals surface area contributed by atoms with Crippen LogP contribution < -0.4 is 0 Å². The topological polar surface area (TPSA) is 40.5 Å². The summed E-state index contributed by atoms with van der Waals surface area (Å²) in [5.41, 5.74) is -0.597. The highest BCUT2D eigenvalue weighted by molar-refractivity contribution is 5.10. The number of aliphatic hydroxyl groups is 2. The summed E-state index contributed by atoms with van der Waals surface area (Å²) < 4.78 is 0. The fourth-order valence-corrected chi connectivity index (χ4v) is 3.11. The Balaban J connectivity index is 3.03. The number of hydrogen-bond donors (Lipinski definition) is 2. The average Bonchev–Trinajstić information content (AvgIpc) is 2.37. The number of rotatable bonds is 6. The molecule has 2 heteroatoms. The SMILES string of the molecule is C=CCC(CO)(CO)C1(C=C)CCCCC1. The van der Waals surface area contributed by atoms with Crippen LogP contribution in [0.15, 0.2) is 25.3 Å². The zero-order valence-electron chi connectivity index (χ0n) is 10.1. The quantitative estimate of drug-likeness (QED) is 0.681. The summed E-state index contributed by atoms with van der Waals surface area (Å²) >= 11 is 0. The van der Waals surface area contributed by atoms with Crippen LogP contribution in [-0.2, 0) is 0 Å². The molecule has 2 nitrogen and oxygen atoms in total. The van der Waals surface area contributed by atoms with Crippen molar-refractivity contribution in [3.05, 3.63) is 25.3 Å². The summed E-state index contributed by atoms with van der Waals surface area (Å²) in [6.45, 7) is 7.69. The van der Waals surface area contributed by atoms with Crippen molar-refractivity contribution < 1.29 is 10.2 Å². The molecule has 0 spiro atoms. The molecule has 2 N–H and O–H groups in total. The van der Waals surface area contributed by atoms with Gasteiger partial charge in [-0.15, -0.1) is 13.2 Å². The Kier molecular flexibility index (Phi) is 4.75. The molecular formula is C14H24O2. The van der Waals surface area contributed by atoms with Gasteiger partial charge in [0.25, 0.3) is 0 Å². The first-order chi connectivity index (χ1) is 7.70. The van der Waals surface area contributed by atoms with Crippen LogP contribution in [0.2, 0.25) is 0 Å². The van der Waals surface area contributed by atoms with Crippen LogP contribution in [-0.4, -0.2) is 23.4 Å². The lowest BCUT2D eigenvalue weighted by Gasteiger charge is -2.49. The monoisotopic (exact) mass is 224 g/mol. The molecule has 0 heterocycles. The summed E-state index contributed by atoms with van der Waals surface area (Å²) in [7, 11) is 0. The molecule has 0 radical (unpaired) electrons. The predicted molar refractivity (Wildman–Crippen MR) is 67.1 cm³/mol. The molecule has 92 valence electrons. The van der Waals surface area contributed by atoms with Crippen molar-refractivity contribution in [2.24, 2.45) is 10.8 Å². The van der Waals surface area contributed by atoms with Crippen molar-refractivity contribution in [3.8, 4) is 0 Å². The normalized spacial score (nSPS) is 20.4. The number of hydrogen-bond acceptors (Lipinski definition) is 2. The van der Waals surface area contributed by atoms with Gasteiger partial charge in [-0.05, 0) is 24.7 Å². The zero-order chi connectivity index (χ0) is 12.1. The number of allylic oxidation sites excluding steroid dienone is 2. The lowest BCUT2D eigenvalue weighted by molar-refractivity contribution is -0.0509. The Bertz CT molecular complexity index is 235. The Labute approximate surface area is 98.7 Å². The van der Waals surface area contributed by atoms with Crippen molar-refractivity contribution in [2.75, 3.05) is 13.2 Å². The van der Waals surface area contributed by atoms with E-state index in [1.807, 2.05) is 6.08 Å². The van der Waals surface area contributed by atoms with Gasteiger partial charge >= 0.3 is 0 Å². The van der Waals surface area contributed by atoms with Crippen molar-refractivity contribution in [2.45, 2.75) is 38.5 Å². The summed E-state index contributed by atoms with van der Waals surface area (Å²) in [6.07, 6.45) is 10.0. The van der Waals surface area contributed by atoms with Gasteiger partial charge in [0, 0.05) is 5.41 Å². The molecule has 1 fully saturated rings. The van der Waals surface area contributed by atoms with Crippen molar-refractivity contribution in [1.29, 1.82) is 0 Å². The molecule has 0 bridgehead atoms. The second kappa shape index (κ2) is 5.65. The minimum atomic E-state index is -0.475. The fraction of sp³-hybridized carbons (Fsp3) is 0.714. The van der Waals surface area contributed by atoms with E-state index in [2.05, 4.69) is 13.2 Å². The van der Waals surface area contributed by atoms with E-state index in [-0.39, 0.29) is 18.6 Å². The van der Waals surface area contributed by atoms with Crippen LogP contribution in [0.4, 0.5) is 0 Å². The Morgan fingerprint density at radius 1 is 1.06 bits per heavy atom. The molecule has 1 aliphatic carbocycles. The summed E-state index contributed by atoms with van der Waals surface area (Å²) in [5, 5.41) is 19.4. The van der Waals surface area contributed by atoms with Gasteiger partial charge in [-0.2, -0.15) is 0 Å². The van der Waals surface area contributed by atoms with E-state index in [9.17, 15) is 10.2 Å². The third-order valence-electron chi connectivity index (χ3n) is 4.33. The maximum absolute atomic E-state index is 9.70. The molecule has 0 unspecified atom stereocenters. The van der Waals surface area contributed by atoms with Crippen molar-refractivity contribution in [3.63, 3.8) is 0 Å². The molecule has 0 aliphatic heterocycles. The second-order valence-corrected chi connectivity index (χ2v) is 5.01. The third kappa shape index (κ3) is 2.09. The molecular weight excluding hydrogens is 200 g/mol. The Morgan fingerprint density at radius 2 is 1.62 bits per heavy atom. The van der Waals surface area contributed by atoms with E-state index in [1.54, 1.807) is 6.08 Å². The lowest BCUT2D eigenvalue weighted by Crippen LogP contribution is -2.47. The maximum atomic E-state index is 9.70. The lowest BCUT2D eigenvalue weighted by atomic mass is 9.56. The second-order valence-electron chi connectivity index (χ2n) is 5.01. The molecule has 1 rings (SSSR count). The van der Waals surface area contributed by atoms with Gasteiger partial charge in [0.15, 0.2) is 0 Å². The first-order valence-electron chi connectivity index (χ1n) is 6.16. The molecule has 1 aliphatic rings. The summed E-state index contributed by atoms with van der Waals surface area (Å²) in [6, 6.07) is 0. The molecule has 0 aromatic heterocycles. The van der Waals surface area contributed by atoms with Gasteiger partial charge in [0.05, 0.1) is 13.2 Å². The van der Waals surface area contributed by atoms with Crippen LogP contribution >= 0.6 is 0 Å². The van der Waals surface area contributed by atoms with Crippen LogP contribution in [0.3, 0.4) is 0 Å². The van der Waals surface area contributed by atoms with E-state index in [0.717, 1.165) is 25.7 Å². The standard InChI is InChI=1S/C14H24O2/c1-3-8-14(11-15,12-16)13(4-2)9-6-5-7-10-13/h3-4,15-16H,1-2,5-12H2. The van der Waals surface area contributed by atoms with E-state index >= 15 is 0 Å². The van der Waals surface area contributed by atoms with E-state index in [0.29, 0.717) is 6.42 Å². The van der Waals surface area contributed by atoms with E-state index < -0.39 is 5.41 Å². The van der Waals surface area contributed by atoms with Gasteiger partial charge < -0.3 is 10.2 Å². The highest BCUT2D eigenvalue weighted by Gasteiger charge is 2.48. The predicted octanol–water partition coefficient (Wildman–Crippen LogP) is 2.67. The minimum Gasteiger partial charge on any atom is -0.396 e. The Morgan fingerprint density at radius 3 is 2.00 bits per heavy atom. The molecule has 0 aromatic rings. The Hall–Kier alpha value is -0.600. The van der Waals surface area contributed by atoms with Gasteiger partial charge in [-0.3, -0.25) is 0 Å². The van der Waals surface area contributed by atoms with Crippen molar-refractivity contribution >= 4 is 0 Å². The summed E-state index contributed by atoms with van der Waals surface area (Å²) in [4.78, 5) is 0. The number of aliphatic hydroxyl groups excluding tert-OH is 2. The van der Waals surface area contributed by atoms with Gasteiger partial charge in [-0.1, -0.05) is 31.4 Å². The minimum absolute atomic E-state index is 0.00153.